The van der Waals surface area contributed by atoms with Crippen molar-refractivity contribution in [2.24, 2.45) is 0 Å². The maximum atomic E-state index is 11.8. The molecule has 1 N–H and O–H groups in total. The Hall–Kier alpha value is -2.78. The fourth-order valence-electron chi connectivity index (χ4n) is 2.91. The Bertz CT molecular complexity index is 1110. The van der Waals surface area contributed by atoms with Gasteiger partial charge in [0.1, 0.15) is 0 Å². The Morgan fingerprint density at radius 3 is 2.55 bits per heavy atom. The first-order valence-electron chi connectivity index (χ1n) is 8.81. The average molecular weight is 427 g/mol. The predicted octanol–water partition coefficient (Wildman–Crippen LogP) is 4.23. The van der Waals surface area contributed by atoms with Gasteiger partial charge in [-0.2, -0.15) is 5.10 Å². The van der Waals surface area contributed by atoms with Crippen molar-refractivity contribution in [3.63, 3.8) is 0 Å². The molecule has 0 aliphatic carbocycles. The molecule has 0 radical (unpaired) electrons. The van der Waals surface area contributed by atoms with E-state index in [2.05, 4.69) is 16.9 Å². The van der Waals surface area contributed by atoms with Gasteiger partial charge in [0.25, 0.3) is 0 Å². The smallest absolute Gasteiger partial charge is 0.0991 e. The summed E-state index contributed by atoms with van der Waals surface area (Å²) in [5.41, 5.74) is 3.64. The molecule has 5 nitrogen and oxygen atoms in total. The Labute approximate surface area is 179 Å². The van der Waals surface area contributed by atoms with Crippen LogP contribution in [0.4, 0.5) is 0 Å². The highest BCUT2D eigenvalue weighted by molar-refractivity contribution is 6.35. The van der Waals surface area contributed by atoms with Gasteiger partial charge in [-0.3, -0.25) is 0 Å². The number of halogens is 2. The summed E-state index contributed by atoms with van der Waals surface area (Å²) in [5.74, 6) is 5.28. The Morgan fingerprint density at radius 1 is 1.21 bits per heavy atom. The molecule has 0 spiro atoms. The number of nitrogens with one attached hydrogen (secondary N) is 1. The Kier molecular flexibility index (Phi) is 6.60. The van der Waals surface area contributed by atoms with Crippen LogP contribution in [0, 0.1) is 24.2 Å². The first kappa shape index (κ1) is 20.9. The number of aromatic nitrogens is 2. The fourth-order valence-corrected chi connectivity index (χ4v) is 3.40. The van der Waals surface area contributed by atoms with Crippen molar-refractivity contribution < 1.29 is 9.84 Å². The van der Waals surface area contributed by atoms with E-state index < -0.39 is 5.90 Å². The van der Waals surface area contributed by atoms with Crippen LogP contribution < -0.4 is 5.11 Å². The fraction of sp³-hybridized carbons (Fsp3) is 0.182. The lowest BCUT2D eigenvalue weighted by Crippen LogP contribution is -2.18. The molecule has 0 aliphatic heterocycles. The lowest BCUT2D eigenvalue weighted by Gasteiger charge is -2.11. The van der Waals surface area contributed by atoms with Crippen LogP contribution in [-0.4, -0.2) is 29.4 Å². The second kappa shape index (κ2) is 9.15. The van der Waals surface area contributed by atoms with Crippen LogP contribution in [0.3, 0.4) is 0 Å². The summed E-state index contributed by atoms with van der Waals surface area (Å²) in [5, 5.41) is 24.5. The summed E-state index contributed by atoms with van der Waals surface area (Å²) < 4.78 is 6.57. The number of methoxy groups -OCH3 is 1. The van der Waals surface area contributed by atoms with Crippen LogP contribution in [-0.2, 0) is 4.74 Å². The molecule has 3 rings (SSSR count). The summed E-state index contributed by atoms with van der Waals surface area (Å²) >= 11 is 12.4. The van der Waals surface area contributed by atoms with E-state index in [9.17, 15) is 5.11 Å². The van der Waals surface area contributed by atoms with Crippen LogP contribution in [0.1, 0.15) is 23.2 Å². The van der Waals surface area contributed by atoms with Gasteiger partial charge in [-0.15, -0.1) is 0 Å². The predicted molar refractivity (Wildman–Crippen MR) is 114 cm³/mol. The van der Waals surface area contributed by atoms with Gasteiger partial charge in [0.05, 0.1) is 28.7 Å². The van der Waals surface area contributed by atoms with Crippen LogP contribution in [0.15, 0.2) is 42.5 Å². The minimum Gasteiger partial charge on any atom is -0.858 e. The van der Waals surface area contributed by atoms with Gasteiger partial charge in [-0.05, 0) is 37.3 Å². The number of rotatable bonds is 5. The minimum absolute atomic E-state index is 0.0782. The molecular formula is C22H18Cl2N3O2-. The maximum absolute atomic E-state index is 11.8. The molecule has 0 fully saturated rings. The molecule has 148 valence electrons. The van der Waals surface area contributed by atoms with Crippen molar-refractivity contribution in [1.82, 2.24) is 9.78 Å². The molecule has 29 heavy (non-hydrogen) atoms. The quantitative estimate of drug-likeness (QED) is 0.287. The highest BCUT2D eigenvalue weighted by atomic mass is 35.5. The molecule has 0 saturated heterocycles. The van der Waals surface area contributed by atoms with Gasteiger partial charge >= 0.3 is 0 Å². The number of ether oxygens (including phenoxy) is 1. The number of hydrogen-bond donors (Lipinski definition) is 1. The molecule has 3 aromatic rings. The molecule has 0 amide bonds. The average Bonchev–Trinajstić information content (AvgIpc) is 3.03. The van der Waals surface area contributed by atoms with Crippen molar-refractivity contribution in [1.29, 1.82) is 5.41 Å². The summed E-state index contributed by atoms with van der Waals surface area (Å²) in [4.78, 5) is 0. The van der Waals surface area contributed by atoms with Crippen molar-refractivity contribution in [3.05, 3.63) is 69.3 Å². The van der Waals surface area contributed by atoms with Crippen molar-refractivity contribution in [2.75, 3.05) is 13.7 Å². The Balaban J connectivity index is 2.08. The van der Waals surface area contributed by atoms with E-state index in [1.807, 2.05) is 24.3 Å². The topological polar surface area (TPSA) is 74.0 Å². The standard InChI is InChI=1S/C22H19Cl2N3O2/c1-14-20(22(25)28)26-27(19-11-10-17(23)13-18(19)24)21(14)16-8-6-15(7-9-16)5-3-4-12-29-2/h6-11,13H,4,12H2,1-2H3,(H2,25,28)/p-1. The zero-order chi connectivity index (χ0) is 21.0. The number of hydrogen-bond acceptors (Lipinski definition) is 4. The summed E-state index contributed by atoms with van der Waals surface area (Å²) in [7, 11) is 1.64. The lowest BCUT2D eigenvalue weighted by molar-refractivity contribution is -0.215. The van der Waals surface area contributed by atoms with Crippen molar-refractivity contribution >= 4 is 29.1 Å². The summed E-state index contributed by atoms with van der Waals surface area (Å²) in [6, 6.07) is 12.7. The summed E-state index contributed by atoms with van der Waals surface area (Å²) in [6.07, 6.45) is 0.661. The second-order valence-electron chi connectivity index (χ2n) is 6.28. The zero-order valence-electron chi connectivity index (χ0n) is 15.9. The second-order valence-corrected chi connectivity index (χ2v) is 7.12. The molecule has 1 aromatic heterocycles. The largest absolute Gasteiger partial charge is 0.858 e. The van der Waals surface area contributed by atoms with Gasteiger partial charge in [0, 0.05) is 41.1 Å². The van der Waals surface area contributed by atoms with Crippen molar-refractivity contribution in [2.45, 2.75) is 13.3 Å². The minimum atomic E-state index is -0.854. The van der Waals surface area contributed by atoms with Gasteiger partial charge in [0.15, 0.2) is 0 Å². The van der Waals surface area contributed by atoms with Gasteiger partial charge in [-0.25, -0.2) is 4.68 Å². The van der Waals surface area contributed by atoms with E-state index in [1.54, 1.807) is 36.9 Å². The molecule has 7 heteroatoms. The van der Waals surface area contributed by atoms with Crippen molar-refractivity contribution in [3.8, 4) is 28.8 Å². The first-order chi connectivity index (χ1) is 13.9. The van der Waals surface area contributed by atoms with E-state index in [1.165, 1.54) is 0 Å². The Morgan fingerprint density at radius 2 is 1.93 bits per heavy atom. The molecule has 1 heterocycles. The third-order valence-electron chi connectivity index (χ3n) is 4.30. The molecule has 0 unspecified atom stereocenters. The lowest BCUT2D eigenvalue weighted by atomic mass is 10.0. The van der Waals surface area contributed by atoms with Crippen LogP contribution in [0.5, 0.6) is 0 Å². The van der Waals surface area contributed by atoms with Gasteiger partial charge < -0.3 is 15.3 Å². The van der Waals surface area contributed by atoms with E-state index in [0.717, 1.165) is 11.1 Å². The van der Waals surface area contributed by atoms with Crippen LogP contribution in [0.2, 0.25) is 10.0 Å². The maximum Gasteiger partial charge on any atom is 0.0991 e. The molecule has 0 aliphatic rings. The first-order valence-corrected chi connectivity index (χ1v) is 9.57. The molecular weight excluding hydrogens is 409 g/mol. The molecule has 0 atom stereocenters. The van der Waals surface area contributed by atoms with E-state index in [-0.39, 0.29) is 5.69 Å². The third kappa shape index (κ3) is 4.63. The van der Waals surface area contributed by atoms with Crippen LogP contribution in [0.25, 0.3) is 16.9 Å². The van der Waals surface area contributed by atoms with Gasteiger partial charge in [0.2, 0.25) is 0 Å². The molecule has 0 saturated carbocycles. The third-order valence-corrected chi connectivity index (χ3v) is 4.84. The van der Waals surface area contributed by atoms with E-state index >= 15 is 0 Å². The van der Waals surface area contributed by atoms with Crippen LogP contribution >= 0.6 is 23.2 Å². The van der Waals surface area contributed by atoms with E-state index in [0.29, 0.717) is 40.0 Å². The highest BCUT2D eigenvalue weighted by Crippen LogP contribution is 2.32. The highest BCUT2D eigenvalue weighted by Gasteiger charge is 2.19. The number of benzene rings is 2. The molecule has 2 aromatic carbocycles. The monoisotopic (exact) mass is 426 g/mol. The number of nitrogens with zero attached hydrogens (tertiary/aromatic N) is 2. The molecule has 0 bridgehead atoms. The SMILES string of the molecule is COCCC#Cc1ccc(-c2c(C)c(C(=N)[O-])nn2-c2ccc(Cl)cc2Cl)cc1. The zero-order valence-corrected chi connectivity index (χ0v) is 17.4. The summed E-state index contributed by atoms with van der Waals surface area (Å²) in [6.45, 7) is 2.36. The van der Waals surface area contributed by atoms with E-state index in [4.69, 9.17) is 33.3 Å². The van der Waals surface area contributed by atoms with Gasteiger partial charge in [-0.1, -0.05) is 47.2 Å². The normalized spacial score (nSPS) is 10.5.